The highest BCUT2D eigenvalue weighted by molar-refractivity contribution is 7.99. The van der Waals surface area contributed by atoms with Crippen molar-refractivity contribution in [3.8, 4) is 0 Å². The number of likely N-dealkylation sites (N-methyl/N-ethyl adjacent to an activating group) is 1. The molecule has 116 valence electrons. The largest absolute Gasteiger partial charge is 0.375 e. The van der Waals surface area contributed by atoms with Crippen LogP contribution in [0.1, 0.15) is 45.4 Å². The summed E-state index contributed by atoms with van der Waals surface area (Å²) in [6, 6.07) is 0.522. The van der Waals surface area contributed by atoms with Crippen molar-refractivity contribution in [3.05, 3.63) is 0 Å². The lowest BCUT2D eigenvalue weighted by Gasteiger charge is -2.44. The summed E-state index contributed by atoms with van der Waals surface area (Å²) in [5.41, 5.74) is 0.221. The Kier molecular flexibility index (Phi) is 5.29. The average molecular weight is 299 g/mol. The molecule has 3 aliphatic rings. The van der Waals surface area contributed by atoms with Gasteiger partial charge in [-0.1, -0.05) is 19.8 Å². The number of ether oxygens (including phenoxy) is 2. The average Bonchev–Trinajstić information content (AvgIpc) is 2.93. The maximum absolute atomic E-state index is 6.20. The first-order valence-corrected chi connectivity index (χ1v) is 9.55. The molecule has 3 nitrogen and oxygen atoms in total. The van der Waals surface area contributed by atoms with Gasteiger partial charge in [0.1, 0.15) is 0 Å². The summed E-state index contributed by atoms with van der Waals surface area (Å²) in [6.07, 6.45) is 8.11. The van der Waals surface area contributed by atoms with Crippen LogP contribution in [0.2, 0.25) is 0 Å². The van der Waals surface area contributed by atoms with Gasteiger partial charge in [0, 0.05) is 24.2 Å². The maximum Gasteiger partial charge on any atom is 0.0821 e. The molecule has 3 fully saturated rings. The lowest BCUT2D eigenvalue weighted by molar-refractivity contribution is -0.107. The normalized spacial score (nSPS) is 35.2. The zero-order valence-corrected chi connectivity index (χ0v) is 13.6. The summed E-state index contributed by atoms with van der Waals surface area (Å²) in [4.78, 5) is 0. The molecule has 3 atom stereocenters. The van der Waals surface area contributed by atoms with Crippen LogP contribution in [0.3, 0.4) is 0 Å². The van der Waals surface area contributed by atoms with Gasteiger partial charge in [-0.15, -0.1) is 0 Å². The van der Waals surface area contributed by atoms with E-state index in [4.69, 9.17) is 9.47 Å². The summed E-state index contributed by atoms with van der Waals surface area (Å²) in [5, 5.41) is 3.73. The molecule has 0 radical (unpaired) electrons. The first-order valence-electron chi connectivity index (χ1n) is 8.40. The summed E-state index contributed by atoms with van der Waals surface area (Å²) < 4.78 is 12.3. The number of nitrogens with one attached hydrogen (secondary N) is 1. The lowest BCUT2D eigenvalue weighted by Crippen LogP contribution is -2.53. The summed E-state index contributed by atoms with van der Waals surface area (Å²) >= 11 is 2.05. The Bertz CT molecular complexity index is 301. The van der Waals surface area contributed by atoms with Crippen molar-refractivity contribution in [2.45, 2.75) is 63.2 Å². The fourth-order valence-electron chi connectivity index (χ4n) is 4.29. The maximum atomic E-state index is 6.20. The van der Waals surface area contributed by atoms with Crippen molar-refractivity contribution in [2.75, 3.05) is 31.3 Å². The minimum absolute atomic E-state index is 0.221. The van der Waals surface area contributed by atoms with Crippen LogP contribution >= 0.6 is 11.8 Å². The predicted octanol–water partition coefficient (Wildman–Crippen LogP) is 2.84. The van der Waals surface area contributed by atoms with E-state index in [2.05, 4.69) is 12.2 Å². The number of thioether (sulfide) groups is 1. The molecule has 3 unspecified atom stereocenters. The molecule has 1 aliphatic carbocycles. The zero-order valence-electron chi connectivity index (χ0n) is 12.7. The van der Waals surface area contributed by atoms with Gasteiger partial charge in [-0.05, 0) is 38.1 Å². The Labute approximate surface area is 127 Å². The number of hydrogen-bond donors (Lipinski definition) is 1. The van der Waals surface area contributed by atoms with E-state index >= 15 is 0 Å². The van der Waals surface area contributed by atoms with Gasteiger partial charge in [-0.3, -0.25) is 0 Å². The van der Waals surface area contributed by atoms with E-state index in [-0.39, 0.29) is 5.60 Å². The van der Waals surface area contributed by atoms with Crippen LogP contribution in [0.15, 0.2) is 0 Å². The number of hydrogen-bond acceptors (Lipinski definition) is 4. The molecule has 2 saturated heterocycles. The highest BCUT2D eigenvalue weighted by Gasteiger charge is 2.43. The van der Waals surface area contributed by atoms with E-state index in [0.717, 1.165) is 37.2 Å². The Morgan fingerprint density at radius 3 is 2.85 bits per heavy atom. The van der Waals surface area contributed by atoms with E-state index in [0.29, 0.717) is 12.1 Å². The number of rotatable bonds is 4. The van der Waals surface area contributed by atoms with E-state index in [1.807, 2.05) is 11.8 Å². The molecule has 1 saturated carbocycles. The highest BCUT2D eigenvalue weighted by atomic mass is 32.2. The molecule has 0 bridgehead atoms. The SMILES string of the molecule is CCNC(C1CCOC2(CCCC2)C1)C1CSCCO1. The van der Waals surface area contributed by atoms with E-state index in [9.17, 15) is 0 Å². The fourth-order valence-corrected chi connectivity index (χ4v) is 5.21. The summed E-state index contributed by atoms with van der Waals surface area (Å²) in [5.74, 6) is 3.04. The van der Waals surface area contributed by atoms with Gasteiger partial charge in [0.25, 0.3) is 0 Å². The molecule has 0 aromatic rings. The van der Waals surface area contributed by atoms with E-state index < -0.39 is 0 Å². The Hall–Kier alpha value is 0.230. The Balaban J connectivity index is 1.66. The van der Waals surface area contributed by atoms with Crippen molar-refractivity contribution in [2.24, 2.45) is 5.92 Å². The van der Waals surface area contributed by atoms with Crippen LogP contribution in [0.5, 0.6) is 0 Å². The fraction of sp³-hybridized carbons (Fsp3) is 1.00. The summed E-state index contributed by atoms with van der Waals surface area (Å²) in [7, 11) is 0. The van der Waals surface area contributed by atoms with Crippen LogP contribution in [0, 0.1) is 5.92 Å². The monoisotopic (exact) mass is 299 g/mol. The molecule has 1 spiro atoms. The first-order chi connectivity index (χ1) is 9.83. The van der Waals surface area contributed by atoms with Crippen molar-refractivity contribution in [1.29, 1.82) is 0 Å². The molecular weight excluding hydrogens is 270 g/mol. The molecule has 20 heavy (non-hydrogen) atoms. The van der Waals surface area contributed by atoms with Gasteiger partial charge in [0.15, 0.2) is 0 Å². The Morgan fingerprint density at radius 1 is 1.30 bits per heavy atom. The molecule has 2 heterocycles. The van der Waals surface area contributed by atoms with Crippen molar-refractivity contribution < 1.29 is 9.47 Å². The molecule has 3 rings (SSSR count). The van der Waals surface area contributed by atoms with Gasteiger partial charge in [0.05, 0.1) is 18.3 Å². The van der Waals surface area contributed by atoms with Crippen molar-refractivity contribution in [3.63, 3.8) is 0 Å². The molecule has 1 N–H and O–H groups in total. The molecule has 4 heteroatoms. The van der Waals surface area contributed by atoms with Gasteiger partial charge in [-0.2, -0.15) is 11.8 Å². The topological polar surface area (TPSA) is 30.5 Å². The molecule has 2 aliphatic heterocycles. The third-order valence-corrected chi connectivity index (χ3v) is 6.26. The standard InChI is InChI=1S/C16H29NO2S/c1-2-17-15(14-12-20-10-9-18-14)13-5-8-19-16(11-13)6-3-4-7-16/h13-15,17H,2-12H2,1H3. The quantitative estimate of drug-likeness (QED) is 0.865. The van der Waals surface area contributed by atoms with E-state index in [1.165, 1.54) is 38.5 Å². The second-order valence-corrected chi connectivity index (χ2v) is 7.71. The minimum atomic E-state index is 0.221. The Morgan fingerprint density at radius 2 is 2.15 bits per heavy atom. The van der Waals surface area contributed by atoms with Crippen LogP contribution in [0.25, 0.3) is 0 Å². The lowest BCUT2D eigenvalue weighted by atomic mass is 9.79. The molecule has 0 aromatic heterocycles. The van der Waals surface area contributed by atoms with Gasteiger partial charge < -0.3 is 14.8 Å². The summed E-state index contributed by atoms with van der Waals surface area (Å²) in [6.45, 7) is 5.13. The van der Waals surface area contributed by atoms with Gasteiger partial charge >= 0.3 is 0 Å². The zero-order chi connectivity index (χ0) is 13.8. The van der Waals surface area contributed by atoms with Crippen LogP contribution in [-0.4, -0.2) is 49.0 Å². The van der Waals surface area contributed by atoms with Crippen molar-refractivity contribution in [1.82, 2.24) is 5.32 Å². The van der Waals surface area contributed by atoms with Crippen molar-refractivity contribution >= 4 is 11.8 Å². The molecule has 0 aromatic carbocycles. The smallest absolute Gasteiger partial charge is 0.0821 e. The first kappa shape index (κ1) is 15.1. The van der Waals surface area contributed by atoms with E-state index in [1.54, 1.807) is 0 Å². The van der Waals surface area contributed by atoms with Crippen LogP contribution < -0.4 is 5.32 Å². The highest BCUT2D eigenvalue weighted by Crippen LogP contribution is 2.43. The van der Waals surface area contributed by atoms with Crippen LogP contribution in [-0.2, 0) is 9.47 Å². The minimum Gasteiger partial charge on any atom is -0.375 e. The third kappa shape index (κ3) is 3.34. The second-order valence-electron chi connectivity index (χ2n) is 6.56. The van der Waals surface area contributed by atoms with Gasteiger partial charge in [0.2, 0.25) is 0 Å². The third-order valence-electron chi connectivity index (χ3n) is 5.24. The molecule has 0 amide bonds. The molecular formula is C16H29NO2S. The second kappa shape index (κ2) is 6.99. The van der Waals surface area contributed by atoms with Gasteiger partial charge in [-0.25, -0.2) is 0 Å². The predicted molar refractivity (Wildman–Crippen MR) is 84.4 cm³/mol. The van der Waals surface area contributed by atoms with Crippen LogP contribution in [0.4, 0.5) is 0 Å².